The maximum Gasteiger partial charge on any atom is 0.234 e. The summed E-state index contributed by atoms with van der Waals surface area (Å²) in [4.78, 5) is 13.3. The highest BCUT2D eigenvalue weighted by atomic mass is 16.3. The number of likely N-dealkylation sites (tertiary alicyclic amines) is 1. The molecular weight excluding hydrogens is 242 g/mol. The number of carbonyl (C=O) groups excluding carboxylic acids is 1. The fraction of sp³-hybridized carbons (Fsp3) is 0.500. The highest BCUT2D eigenvalue weighted by molar-refractivity contribution is 5.80. The van der Waals surface area contributed by atoms with Gasteiger partial charge in [-0.1, -0.05) is 24.3 Å². The Balaban J connectivity index is 1.99. The van der Waals surface area contributed by atoms with Crippen molar-refractivity contribution in [1.29, 1.82) is 0 Å². The molecule has 0 spiro atoms. The van der Waals surface area contributed by atoms with Crippen LogP contribution in [0.2, 0.25) is 0 Å². The van der Waals surface area contributed by atoms with Gasteiger partial charge in [-0.15, -0.1) is 0 Å². The van der Waals surface area contributed by atoms with Crippen LogP contribution in [0.3, 0.4) is 0 Å². The number of nitrogens with two attached hydrogens (primary N) is 2. The second-order valence-electron chi connectivity index (χ2n) is 5.02. The summed E-state index contributed by atoms with van der Waals surface area (Å²) in [6.45, 7) is 1.74. The largest absolute Gasteiger partial charge is 0.387 e. The van der Waals surface area contributed by atoms with E-state index in [1.165, 1.54) is 0 Å². The number of carbonyl (C=O) groups is 1. The fourth-order valence-electron chi connectivity index (χ4n) is 2.57. The molecule has 0 radical (unpaired) electrons. The molecule has 5 N–H and O–H groups in total. The van der Waals surface area contributed by atoms with Crippen molar-refractivity contribution < 1.29 is 9.90 Å². The van der Waals surface area contributed by atoms with E-state index >= 15 is 0 Å². The summed E-state index contributed by atoms with van der Waals surface area (Å²) in [6, 6.07) is 7.34. The molecule has 0 saturated carbocycles. The van der Waals surface area contributed by atoms with E-state index in [4.69, 9.17) is 11.5 Å². The molecule has 5 heteroatoms. The number of amides is 1. The highest BCUT2D eigenvalue weighted by Crippen LogP contribution is 2.22. The molecule has 1 aliphatic rings. The van der Waals surface area contributed by atoms with Gasteiger partial charge in [-0.05, 0) is 30.5 Å². The summed E-state index contributed by atoms with van der Waals surface area (Å²) in [5.74, 6) is -0.303. The van der Waals surface area contributed by atoms with E-state index in [1.54, 1.807) is 0 Å². The predicted octanol–water partition coefficient (Wildman–Crippen LogP) is 0.128. The molecule has 1 amide bonds. The Labute approximate surface area is 113 Å². The van der Waals surface area contributed by atoms with Crippen molar-refractivity contribution in [2.24, 2.45) is 11.5 Å². The fourth-order valence-corrected chi connectivity index (χ4v) is 2.57. The smallest absolute Gasteiger partial charge is 0.234 e. The molecular formula is C14H21N3O2. The zero-order chi connectivity index (χ0) is 13.8. The summed E-state index contributed by atoms with van der Waals surface area (Å²) in [6.07, 6.45) is 1.13. The molecule has 1 aromatic carbocycles. The van der Waals surface area contributed by atoms with Crippen LogP contribution in [0.4, 0.5) is 0 Å². The zero-order valence-corrected chi connectivity index (χ0v) is 11.0. The van der Waals surface area contributed by atoms with Gasteiger partial charge in [-0.25, -0.2) is 0 Å². The quantitative estimate of drug-likeness (QED) is 0.704. The summed E-state index contributed by atoms with van der Waals surface area (Å²) >= 11 is 0. The Morgan fingerprint density at radius 3 is 2.68 bits per heavy atom. The highest BCUT2D eigenvalue weighted by Gasteiger charge is 2.30. The molecule has 0 aliphatic carbocycles. The van der Waals surface area contributed by atoms with Crippen molar-refractivity contribution in [3.63, 3.8) is 0 Å². The van der Waals surface area contributed by atoms with Crippen LogP contribution in [-0.4, -0.2) is 35.0 Å². The second-order valence-corrected chi connectivity index (χ2v) is 5.02. The van der Waals surface area contributed by atoms with Gasteiger partial charge < -0.3 is 16.6 Å². The van der Waals surface area contributed by atoms with E-state index in [9.17, 15) is 9.90 Å². The number of aliphatic hydroxyl groups is 1. The molecule has 1 fully saturated rings. The van der Waals surface area contributed by atoms with Crippen LogP contribution >= 0.6 is 0 Å². The van der Waals surface area contributed by atoms with Crippen molar-refractivity contribution in [2.45, 2.75) is 31.5 Å². The number of primary amides is 1. The summed E-state index contributed by atoms with van der Waals surface area (Å²) < 4.78 is 0. The van der Waals surface area contributed by atoms with E-state index in [2.05, 4.69) is 0 Å². The van der Waals surface area contributed by atoms with Gasteiger partial charge in [0.2, 0.25) is 5.91 Å². The first-order valence-corrected chi connectivity index (χ1v) is 6.62. The molecule has 1 saturated heterocycles. The summed E-state index contributed by atoms with van der Waals surface area (Å²) in [7, 11) is 0. The molecule has 2 atom stereocenters. The lowest BCUT2D eigenvalue weighted by atomic mass is 10.1. The normalized spacial score (nSPS) is 21.5. The van der Waals surface area contributed by atoms with Crippen molar-refractivity contribution in [3.8, 4) is 0 Å². The first kappa shape index (κ1) is 14.0. The van der Waals surface area contributed by atoms with Crippen LogP contribution in [0.25, 0.3) is 0 Å². The van der Waals surface area contributed by atoms with Crippen LogP contribution in [0.5, 0.6) is 0 Å². The van der Waals surface area contributed by atoms with Gasteiger partial charge in [-0.3, -0.25) is 9.69 Å². The maximum atomic E-state index is 11.3. The van der Waals surface area contributed by atoms with Crippen LogP contribution < -0.4 is 11.5 Å². The predicted molar refractivity (Wildman–Crippen MR) is 73.1 cm³/mol. The van der Waals surface area contributed by atoms with Gasteiger partial charge in [0, 0.05) is 13.1 Å². The number of β-amino-alcohol motifs (C(OH)–C–C–N with tert-alkyl or cyclic N) is 1. The molecule has 104 valence electrons. The topological polar surface area (TPSA) is 92.6 Å². The lowest BCUT2D eigenvalue weighted by Gasteiger charge is -2.24. The van der Waals surface area contributed by atoms with Gasteiger partial charge in [0.1, 0.15) is 0 Å². The SMILES string of the molecule is NCc1ccc(C(O)CN2CCCC2C(N)=O)cc1. The van der Waals surface area contributed by atoms with E-state index in [0.717, 1.165) is 30.5 Å². The first-order valence-electron chi connectivity index (χ1n) is 6.62. The van der Waals surface area contributed by atoms with Crippen LogP contribution in [0.15, 0.2) is 24.3 Å². The average molecular weight is 263 g/mol. The van der Waals surface area contributed by atoms with E-state index in [0.29, 0.717) is 13.1 Å². The number of nitrogens with zero attached hydrogens (tertiary/aromatic N) is 1. The van der Waals surface area contributed by atoms with E-state index in [-0.39, 0.29) is 11.9 Å². The van der Waals surface area contributed by atoms with Crippen molar-refractivity contribution in [1.82, 2.24) is 4.90 Å². The monoisotopic (exact) mass is 263 g/mol. The molecule has 0 bridgehead atoms. The van der Waals surface area contributed by atoms with Gasteiger partial charge >= 0.3 is 0 Å². The Kier molecular flexibility index (Phi) is 4.52. The molecule has 1 heterocycles. The molecule has 5 nitrogen and oxygen atoms in total. The molecule has 2 unspecified atom stereocenters. The van der Waals surface area contributed by atoms with Crippen LogP contribution in [0, 0.1) is 0 Å². The lowest BCUT2D eigenvalue weighted by molar-refractivity contribution is -0.122. The number of rotatable bonds is 5. The van der Waals surface area contributed by atoms with Crippen LogP contribution in [0.1, 0.15) is 30.1 Å². The Morgan fingerprint density at radius 1 is 1.42 bits per heavy atom. The number of hydrogen-bond donors (Lipinski definition) is 3. The number of hydrogen-bond acceptors (Lipinski definition) is 4. The summed E-state index contributed by atoms with van der Waals surface area (Å²) in [5.41, 5.74) is 12.8. The van der Waals surface area contributed by atoms with E-state index < -0.39 is 6.10 Å². The lowest BCUT2D eigenvalue weighted by Crippen LogP contribution is -2.42. The van der Waals surface area contributed by atoms with Gasteiger partial charge in [0.25, 0.3) is 0 Å². The molecule has 1 aliphatic heterocycles. The Hall–Kier alpha value is -1.43. The van der Waals surface area contributed by atoms with Gasteiger partial charge in [0.05, 0.1) is 12.1 Å². The third-order valence-corrected chi connectivity index (χ3v) is 3.70. The van der Waals surface area contributed by atoms with Crippen LogP contribution in [-0.2, 0) is 11.3 Å². The van der Waals surface area contributed by atoms with E-state index in [1.807, 2.05) is 29.2 Å². The first-order chi connectivity index (χ1) is 9.11. The maximum absolute atomic E-state index is 11.3. The molecule has 0 aromatic heterocycles. The second kappa shape index (κ2) is 6.14. The van der Waals surface area contributed by atoms with Crippen molar-refractivity contribution in [3.05, 3.63) is 35.4 Å². The number of benzene rings is 1. The van der Waals surface area contributed by atoms with Crippen molar-refractivity contribution in [2.75, 3.05) is 13.1 Å². The minimum atomic E-state index is -0.605. The average Bonchev–Trinajstić information content (AvgIpc) is 2.87. The standard InChI is InChI=1S/C14H21N3O2/c15-8-10-3-5-11(6-4-10)13(18)9-17-7-1-2-12(17)14(16)19/h3-6,12-13,18H,1-2,7-9,15H2,(H2,16,19). The summed E-state index contributed by atoms with van der Waals surface area (Å²) in [5, 5.41) is 10.2. The molecule has 19 heavy (non-hydrogen) atoms. The van der Waals surface area contributed by atoms with Gasteiger partial charge in [0.15, 0.2) is 0 Å². The minimum absolute atomic E-state index is 0.238. The molecule has 1 aromatic rings. The zero-order valence-electron chi connectivity index (χ0n) is 11.0. The van der Waals surface area contributed by atoms with Gasteiger partial charge in [-0.2, -0.15) is 0 Å². The third-order valence-electron chi connectivity index (χ3n) is 3.70. The van der Waals surface area contributed by atoms with Crippen molar-refractivity contribution >= 4 is 5.91 Å². The molecule has 2 rings (SSSR count). The third kappa shape index (κ3) is 3.32. The minimum Gasteiger partial charge on any atom is -0.387 e. The Bertz CT molecular complexity index is 433. The Morgan fingerprint density at radius 2 is 2.11 bits per heavy atom. The number of aliphatic hydroxyl groups excluding tert-OH is 1.